The Balaban J connectivity index is 2.58. The van der Waals surface area contributed by atoms with Crippen LogP contribution in [0.4, 0.5) is 4.79 Å². The largest absolute Gasteiger partial charge is 0.465 e. The van der Waals surface area contributed by atoms with Crippen LogP contribution in [0.5, 0.6) is 0 Å². The highest BCUT2D eigenvalue weighted by atomic mass is 16.4. The molecule has 5 heteroatoms. The van der Waals surface area contributed by atoms with E-state index in [9.17, 15) is 9.59 Å². The predicted molar refractivity (Wildman–Crippen MR) is 60.2 cm³/mol. The number of carbonyl (C=O) groups is 2. The molecule has 1 unspecified atom stereocenters. The van der Waals surface area contributed by atoms with Crippen molar-refractivity contribution in [3.63, 3.8) is 0 Å². The van der Waals surface area contributed by atoms with E-state index < -0.39 is 12.1 Å². The summed E-state index contributed by atoms with van der Waals surface area (Å²) in [6, 6.07) is -0.587. The van der Waals surface area contributed by atoms with Gasteiger partial charge in [-0.1, -0.05) is 13.8 Å². The van der Waals surface area contributed by atoms with Gasteiger partial charge in [-0.15, -0.1) is 0 Å². The Hall–Kier alpha value is -1.26. The van der Waals surface area contributed by atoms with Crippen LogP contribution in [0.25, 0.3) is 0 Å². The van der Waals surface area contributed by atoms with E-state index in [-0.39, 0.29) is 5.91 Å². The third-order valence-electron chi connectivity index (χ3n) is 2.72. The highest BCUT2D eigenvalue weighted by Gasteiger charge is 2.28. The molecule has 2 N–H and O–H groups in total. The number of hydrogen-bond donors (Lipinski definition) is 2. The van der Waals surface area contributed by atoms with Gasteiger partial charge in [0.1, 0.15) is 6.04 Å². The maximum absolute atomic E-state index is 12.0. The van der Waals surface area contributed by atoms with Crippen LogP contribution in [0.15, 0.2) is 0 Å². The van der Waals surface area contributed by atoms with Crippen LogP contribution in [0.2, 0.25) is 0 Å². The molecule has 0 aromatic carbocycles. The van der Waals surface area contributed by atoms with Crippen LogP contribution in [0.3, 0.4) is 0 Å². The minimum Gasteiger partial charge on any atom is -0.465 e. The van der Waals surface area contributed by atoms with Crippen molar-refractivity contribution in [3.8, 4) is 0 Å². The van der Waals surface area contributed by atoms with Gasteiger partial charge >= 0.3 is 6.09 Å². The van der Waals surface area contributed by atoms with Crippen molar-refractivity contribution in [2.45, 2.75) is 39.2 Å². The fraction of sp³-hybridized carbons (Fsp3) is 0.818. The third-order valence-corrected chi connectivity index (χ3v) is 2.72. The third kappa shape index (κ3) is 3.72. The van der Waals surface area contributed by atoms with Crippen LogP contribution in [0, 0.1) is 5.92 Å². The Morgan fingerprint density at radius 2 is 1.88 bits per heavy atom. The maximum atomic E-state index is 12.0. The SMILES string of the molecule is CC(C)CC(NC(=O)O)C(=O)N1CCCC1. The first-order chi connectivity index (χ1) is 7.50. The second kappa shape index (κ2) is 5.72. The minimum atomic E-state index is -1.13. The van der Waals surface area contributed by atoms with Crippen molar-refractivity contribution in [2.24, 2.45) is 5.92 Å². The molecule has 1 heterocycles. The molecule has 16 heavy (non-hydrogen) atoms. The predicted octanol–water partition coefficient (Wildman–Crippen LogP) is 1.29. The molecule has 0 aliphatic carbocycles. The Morgan fingerprint density at radius 1 is 1.31 bits per heavy atom. The van der Waals surface area contributed by atoms with Gasteiger partial charge in [-0.05, 0) is 25.2 Å². The Morgan fingerprint density at radius 3 is 2.31 bits per heavy atom. The Kier molecular flexibility index (Phi) is 4.58. The first-order valence-corrected chi connectivity index (χ1v) is 5.79. The van der Waals surface area contributed by atoms with Crippen molar-refractivity contribution in [1.29, 1.82) is 0 Å². The second-order valence-corrected chi connectivity index (χ2v) is 4.66. The molecule has 0 spiro atoms. The van der Waals surface area contributed by atoms with Gasteiger partial charge in [-0.2, -0.15) is 0 Å². The molecule has 1 rings (SSSR count). The van der Waals surface area contributed by atoms with E-state index in [1.807, 2.05) is 13.8 Å². The highest BCUT2D eigenvalue weighted by molar-refractivity contribution is 5.85. The number of carbonyl (C=O) groups excluding carboxylic acids is 1. The zero-order chi connectivity index (χ0) is 12.1. The summed E-state index contributed by atoms with van der Waals surface area (Å²) in [5, 5.41) is 11.0. The number of nitrogens with zero attached hydrogens (tertiary/aromatic N) is 1. The molecule has 5 nitrogen and oxygen atoms in total. The molecule has 0 aromatic rings. The van der Waals surface area contributed by atoms with Gasteiger partial charge in [0.25, 0.3) is 0 Å². The summed E-state index contributed by atoms with van der Waals surface area (Å²) in [6.07, 6.45) is 1.47. The second-order valence-electron chi connectivity index (χ2n) is 4.66. The standard InChI is InChI=1S/C11H20N2O3/c1-8(2)7-9(12-11(15)16)10(14)13-5-3-4-6-13/h8-9,12H,3-7H2,1-2H3,(H,15,16). The van der Waals surface area contributed by atoms with E-state index >= 15 is 0 Å². The molecule has 1 fully saturated rings. The number of rotatable bonds is 4. The van der Waals surface area contributed by atoms with E-state index in [0.717, 1.165) is 25.9 Å². The number of amides is 2. The van der Waals surface area contributed by atoms with Crippen LogP contribution in [-0.4, -0.2) is 41.1 Å². The van der Waals surface area contributed by atoms with E-state index in [2.05, 4.69) is 5.32 Å². The lowest BCUT2D eigenvalue weighted by Gasteiger charge is -2.24. The first-order valence-electron chi connectivity index (χ1n) is 5.79. The molecule has 0 saturated carbocycles. The molecule has 1 saturated heterocycles. The first kappa shape index (κ1) is 12.8. The lowest BCUT2D eigenvalue weighted by Crippen LogP contribution is -2.47. The normalized spacial score (nSPS) is 17.6. The van der Waals surface area contributed by atoms with E-state index in [4.69, 9.17) is 5.11 Å². The Labute approximate surface area is 95.8 Å². The zero-order valence-corrected chi connectivity index (χ0v) is 9.90. The van der Waals surface area contributed by atoms with Gasteiger partial charge in [0, 0.05) is 13.1 Å². The molecular formula is C11H20N2O3. The van der Waals surface area contributed by atoms with Crippen LogP contribution < -0.4 is 5.32 Å². The molecule has 0 bridgehead atoms. The molecular weight excluding hydrogens is 208 g/mol. The molecule has 1 aliphatic rings. The van der Waals surface area contributed by atoms with E-state index in [0.29, 0.717) is 12.3 Å². The lowest BCUT2D eigenvalue weighted by molar-refractivity contribution is -0.132. The summed E-state index contributed by atoms with van der Waals surface area (Å²) in [4.78, 5) is 24.4. The lowest BCUT2D eigenvalue weighted by atomic mass is 10.0. The van der Waals surface area contributed by atoms with Crippen LogP contribution >= 0.6 is 0 Å². The molecule has 1 aliphatic heterocycles. The Bertz CT molecular complexity index is 260. The fourth-order valence-corrected chi connectivity index (χ4v) is 2.00. The number of nitrogens with one attached hydrogen (secondary N) is 1. The fourth-order valence-electron chi connectivity index (χ4n) is 2.00. The van der Waals surface area contributed by atoms with Gasteiger partial charge in [-0.25, -0.2) is 4.79 Å². The smallest absolute Gasteiger partial charge is 0.405 e. The van der Waals surface area contributed by atoms with Crippen molar-refractivity contribution >= 4 is 12.0 Å². The molecule has 0 radical (unpaired) electrons. The number of carboxylic acid groups (broad SMARTS) is 1. The quantitative estimate of drug-likeness (QED) is 0.761. The molecule has 0 aromatic heterocycles. The van der Waals surface area contributed by atoms with Crippen molar-refractivity contribution in [1.82, 2.24) is 10.2 Å². The van der Waals surface area contributed by atoms with Gasteiger partial charge in [0.15, 0.2) is 0 Å². The highest BCUT2D eigenvalue weighted by Crippen LogP contribution is 2.13. The van der Waals surface area contributed by atoms with Crippen LogP contribution in [0.1, 0.15) is 33.1 Å². The molecule has 92 valence electrons. The number of likely N-dealkylation sites (tertiary alicyclic amines) is 1. The van der Waals surface area contributed by atoms with Gasteiger partial charge < -0.3 is 15.3 Å². The summed E-state index contributed by atoms with van der Waals surface area (Å²) < 4.78 is 0. The van der Waals surface area contributed by atoms with E-state index in [1.54, 1.807) is 4.90 Å². The molecule has 2 amide bonds. The van der Waals surface area contributed by atoms with Crippen molar-refractivity contribution in [3.05, 3.63) is 0 Å². The van der Waals surface area contributed by atoms with Gasteiger partial charge in [0.05, 0.1) is 0 Å². The zero-order valence-electron chi connectivity index (χ0n) is 9.90. The minimum absolute atomic E-state index is 0.0754. The van der Waals surface area contributed by atoms with Gasteiger partial charge in [0.2, 0.25) is 5.91 Å². The topological polar surface area (TPSA) is 69.6 Å². The molecule has 1 atom stereocenters. The summed E-state index contributed by atoms with van der Waals surface area (Å²) in [5.74, 6) is 0.219. The summed E-state index contributed by atoms with van der Waals surface area (Å²) >= 11 is 0. The monoisotopic (exact) mass is 228 g/mol. The van der Waals surface area contributed by atoms with Crippen molar-refractivity contribution < 1.29 is 14.7 Å². The summed E-state index contributed by atoms with van der Waals surface area (Å²) in [7, 11) is 0. The summed E-state index contributed by atoms with van der Waals surface area (Å²) in [6.45, 7) is 5.48. The average Bonchev–Trinajstić information content (AvgIpc) is 2.66. The maximum Gasteiger partial charge on any atom is 0.405 e. The average molecular weight is 228 g/mol. The van der Waals surface area contributed by atoms with Crippen molar-refractivity contribution in [2.75, 3.05) is 13.1 Å². The van der Waals surface area contributed by atoms with E-state index in [1.165, 1.54) is 0 Å². The summed E-state index contributed by atoms with van der Waals surface area (Å²) in [5.41, 5.74) is 0. The van der Waals surface area contributed by atoms with Gasteiger partial charge in [-0.3, -0.25) is 4.79 Å². The van der Waals surface area contributed by atoms with Crippen LogP contribution in [-0.2, 0) is 4.79 Å². The number of hydrogen-bond acceptors (Lipinski definition) is 2.